The first kappa shape index (κ1) is 20.5. The molecule has 0 spiro atoms. The molecule has 6 heterocycles. The minimum Gasteiger partial charge on any atom is -0.348 e. The Morgan fingerprint density at radius 1 is 0.971 bits per heavy atom. The third-order valence-corrected chi connectivity index (χ3v) is 9.83. The molecule has 34 heavy (non-hydrogen) atoms. The smallest absolute Gasteiger partial charge is 0.188 e. The molecule has 0 amide bonds. The Morgan fingerprint density at radius 2 is 1.74 bits per heavy atom. The summed E-state index contributed by atoms with van der Waals surface area (Å²) in [6.07, 6.45) is 10.4. The van der Waals surface area contributed by atoms with Crippen molar-refractivity contribution in [1.29, 1.82) is 0 Å². The van der Waals surface area contributed by atoms with Crippen LogP contribution in [0.2, 0.25) is 0 Å². The lowest BCUT2D eigenvalue weighted by molar-refractivity contribution is 0.208. The molecule has 0 aliphatic carbocycles. The summed E-state index contributed by atoms with van der Waals surface area (Å²) in [6.45, 7) is 4.75. The lowest BCUT2D eigenvalue weighted by Crippen LogP contribution is -2.58. The topological polar surface area (TPSA) is 98.4 Å². The number of piperidine rings is 1. The number of anilines is 1. The zero-order valence-corrected chi connectivity index (χ0v) is 21.0. The summed E-state index contributed by atoms with van der Waals surface area (Å²) in [4.78, 5) is 14.4. The van der Waals surface area contributed by atoms with E-state index in [0.717, 1.165) is 60.2 Å². The van der Waals surface area contributed by atoms with Gasteiger partial charge >= 0.3 is 0 Å². The number of H-pyrrole nitrogens is 2. The average Bonchev–Trinajstić information content (AvgIpc) is 3.60. The maximum atomic E-state index is 5.02. The van der Waals surface area contributed by atoms with Crippen molar-refractivity contribution < 1.29 is 0 Å². The molecule has 3 N–H and O–H groups in total. The van der Waals surface area contributed by atoms with Gasteiger partial charge in [-0.05, 0) is 51.2 Å². The van der Waals surface area contributed by atoms with Gasteiger partial charge in [0.05, 0.1) is 17.9 Å². The molecule has 0 radical (unpaired) electrons. The van der Waals surface area contributed by atoms with Crippen molar-refractivity contribution >= 4 is 48.4 Å². The molecule has 2 fully saturated rings. The molecule has 0 saturated carbocycles. The molecule has 5 aromatic rings. The van der Waals surface area contributed by atoms with Crippen LogP contribution in [0.5, 0.6) is 0 Å². The van der Waals surface area contributed by atoms with Crippen molar-refractivity contribution in [2.45, 2.75) is 56.7 Å². The highest BCUT2D eigenvalue weighted by atomic mass is 32.1. The second-order valence-electron chi connectivity index (χ2n) is 10.4. The molecular formula is C24H26N8S2. The summed E-state index contributed by atoms with van der Waals surface area (Å²) in [5.41, 5.74) is 4.67. The average molecular weight is 491 g/mol. The molecule has 7 rings (SSSR count). The molecule has 8 nitrogen and oxygen atoms in total. The maximum absolute atomic E-state index is 5.02. The Bertz CT molecular complexity index is 1470. The monoisotopic (exact) mass is 490 g/mol. The number of fused-ring (bicyclic) bond motifs is 4. The van der Waals surface area contributed by atoms with Crippen LogP contribution in [0.15, 0.2) is 30.7 Å². The third kappa shape index (κ3) is 3.12. The van der Waals surface area contributed by atoms with E-state index >= 15 is 0 Å². The van der Waals surface area contributed by atoms with Gasteiger partial charge in [0.25, 0.3) is 0 Å². The van der Waals surface area contributed by atoms with Gasteiger partial charge < -0.3 is 10.2 Å². The van der Waals surface area contributed by atoms with E-state index in [1.165, 1.54) is 12.8 Å². The Labute approximate surface area is 204 Å². The summed E-state index contributed by atoms with van der Waals surface area (Å²) in [7, 11) is 2.20. The van der Waals surface area contributed by atoms with Crippen LogP contribution in [0, 0.1) is 0 Å². The molecule has 4 aromatic heterocycles. The fourth-order valence-electron chi connectivity index (χ4n) is 6.01. The molecule has 2 saturated heterocycles. The number of hydrogen-bond acceptors (Lipinski definition) is 8. The summed E-state index contributed by atoms with van der Waals surface area (Å²) in [5, 5.41) is 21.5. The van der Waals surface area contributed by atoms with E-state index in [4.69, 9.17) is 9.97 Å². The van der Waals surface area contributed by atoms with Crippen LogP contribution in [0.4, 0.5) is 5.13 Å². The normalized spacial score (nSPS) is 26.6. The molecule has 1 aromatic carbocycles. The van der Waals surface area contributed by atoms with Crippen molar-refractivity contribution in [2.75, 3.05) is 11.9 Å². The number of hydrogen-bond donors (Lipinski definition) is 3. The number of benzene rings is 1. The molecule has 2 aliphatic heterocycles. The minimum absolute atomic E-state index is 0.240. The second kappa shape index (κ2) is 7.10. The molecular weight excluding hydrogens is 464 g/mol. The fraction of sp³-hybridized carbons (Fsp3) is 0.417. The van der Waals surface area contributed by atoms with E-state index in [1.807, 2.05) is 18.6 Å². The van der Waals surface area contributed by atoms with Crippen molar-refractivity contribution in [2.24, 2.45) is 0 Å². The van der Waals surface area contributed by atoms with E-state index in [-0.39, 0.29) is 11.1 Å². The van der Waals surface area contributed by atoms with Crippen LogP contribution >= 0.6 is 22.7 Å². The number of rotatable bonds is 4. The standard InChI is InChI=1S/C24H26N8S2/c1-23-6-7-24(2,31-23)9-14(8-23)32(3)22-29-21-20(34-22)28-19(33-21)16-5-4-15(13-10-25-26-11-13)17-12-27-30-18(16)17/h4-5,10-12,14,31H,6-9H2,1-3H3,(H,25,26)(H,27,30)/t14-,23-,24+. The van der Waals surface area contributed by atoms with Crippen molar-refractivity contribution in [3.8, 4) is 21.7 Å². The molecule has 174 valence electrons. The number of nitrogens with one attached hydrogen (secondary N) is 3. The first-order chi connectivity index (χ1) is 16.4. The van der Waals surface area contributed by atoms with Gasteiger partial charge in [-0.3, -0.25) is 10.2 Å². The van der Waals surface area contributed by atoms with Crippen LogP contribution in [-0.4, -0.2) is 54.5 Å². The summed E-state index contributed by atoms with van der Waals surface area (Å²) < 4.78 is 0. The predicted octanol–water partition coefficient (Wildman–Crippen LogP) is 5.19. The number of aromatic amines is 2. The molecule has 10 heteroatoms. The van der Waals surface area contributed by atoms with Crippen molar-refractivity contribution in [1.82, 2.24) is 35.7 Å². The Morgan fingerprint density at radius 3 is 2.47 bits per heavy atom. The number of aromatic nitrogens is 6. The summed E-state index contributed by atoms with van der Waals surface area (Å²) in [5.74, 6) is 0. The van der Waals surface area contributed by atoms with Gasteiger partial charge in [0.15, 0.2) is 14.8 Å². The number of thiazole rings is 2. The largest absolute Gasteiger partial charge is 0.348 e. The zero-order chi connectivity index (χ0) is 23.1. The van der Waals surface area contributed by atoms with Crippen LogP contribution in [0.3, 0.4) is 0 Å². The van der Waals surface area contributed by atoms with Crippen LogP contribution in [0.25, 0.3) is 42.3 Å². The third-order valence-electron chi connectivity index (χ3n) is 7.67. The van der Waals surface area contributed by atoms with Crippen molar-refractivity contribution in [3.05, 3.63) is 30.7 Å². The second-order valence-corrected chi connectivity index (χ2v) is 12.3. The lowest BCUT2D eigenvalue weighted by atomic mass is 9.84. The van der Waals surface area contributed by atoms with E-state index in [0.29, 0.717) is 6.04 Å². The van der Waals surface area contributed by atoms with Gasteiger partial charge in [-0.1, -0.05) is 28.7 Å². The van der Waals surface area contributed by atoms with E-state index in [9.17, 15) is 0 Å². The number of nitrogens with zero attached hydrogens (tertiary/aromatic N) is 5. The first-order valence-electron chi connectivity index (χ1n) is 11.6. The Balaban J connectivity index is 1.21. The maximum Gasteiger partial charge on any atom is 0.188 e. The van der Waals surface area contributed by atoms with Gasteiger partial charge in [0.2, 0.25) is 0 Å². The van der Waals surface area contributed by atoms with E-state index in [1.54, 1.807) is 22.7 Å². The van der Waals surface area contributed by atoms with Gasteiger partial charge in [-0.15, -0.1) is 0 Å². The molecule has 2 aliphatic rings. The Kier molecular flexibility index (Phi) is 4.29. The van der Waals surface area contributed by atoms with Gasteiger partial charge in [-0.25, -0.2) is 9.97 Å². The summed E-state index contributed by atoms with van der Waals surface area (Å²) >= 11 is 3.35. The van der Waals surface area contributed by atoms with Crippen LogP contribution < -0.4 is 10.2 Å². The highest BCUT2D eigenvalue weighted by Crippen LogP contribution is 2.45. The zero-order valence-electron chi connectivity index (χ0n) is 19.3. The van der Waals surface area contributed by atoms with Crippen LogP contribution in [0.1, 0.15) is 39.5 Å². The SMILES string of the molecule is CN(c1nc2sc(-c3ccc(-c4cn[nH]c4)c4cn[nH]c34)nc2s1)[C@H]1C[C@]2(C)CC[C@](C)(C1)N2. The fourth-order valence-corrected chi connectivity index (χ4v) is 8.12. The highest BCUT2D eigenvalue weighted by molar-refractivity contribution is 7.29. The van der Waals surface area contributed by atoms with Crippen LogP contribution in [-0.2, 0) is 0 Å². The lowest BCUT2D eigenvalue weighted by Gasteiger charge is -2.45. The quantitative estimate of drug-likeness (QED) is 0.321. The van der Waals surface area contributed by atoms with E-state index < -0.39 is 0 Å². The van der Waals surface area contributed by atoms with E-state index in [2.05, 4.69) is 63.6 Å². The summed E-state index contributed by atoms with van der Waals surface area (Å²) in [6, 6.07) is 4.73. The molecule has 2 bridgehead atoms. The predicted molar refractivity (Wildman–Crippen MR) is 139 cm³/mol. The van der Waals surface area contributed by atoms with Gasteiger partial charge in [0, 0.05) is 46.9 Å². The molecule has 3 atom stereocenters. The first-order valence-corrected chi connectivity index (χ1v) is 13.3. The van der Waals surface area contributed by atoms with Gasteiger partial charge in [0.1, 0.15) is 5.01 Å². The molecule has 0 unspecified atom stereocenters. The van der Waals surface area contributed by atoms with Crippen molar-refractivity contribution in [3.63, 3.8) is 0 Å². The van der Waals surface area contributed by atoms with Gasteiger partial charge in [-0.2, -0.15) is 10.2 Å². The Hall–Kier alpha value is -2.82. The minimum atomic E-state index is 0.240. The highest BCUT2D eigenvalue weighted by Gasteiger charge is 2.49.